The highest BCUT2D eigenvalue weighted by Crippen LogP contribution is 2.34. The Bertz CT molecular complexity index is 953. The van der Waals surface area contributed by atoms with Gasteiger partial charge in [-0.3, -0.25) is 9.59 Å². The van der Waals surface area contributed by atoms with Crippen LogP contribution >= 0.6 is 0 Å². The zero-order valence-corrected chi connectivity index (χ0v) is 14.9. The molecule has 9 heteroatoms. The number of rotatable bonds is 3. The molecule has 0 aromatic heterocycles. The molecule has 148 valence electrons. The number of carbonyl (C=O) groups is 2. The zero-order chi connectivity index (χ0) is 20.7. The summed E-state index contributed by atoms with van der Waals surface area (Å²) in [6, 6.07) is 8.76. The van der Waals surface area contributed by atoms with E-state index < -0.39 is 23.5 Å². The van der Waals surface area contributed by atoms with Crippen LogP contribution in [0.3, 0.4) is 0 Å². The van der Waals surface area contributed by atoms with Gasteiger partial charge in [0.1, 0.15) is 18.1 Å². The van der Waals surface area contributed by atoms with Crippen molar-refractivity contribution in [2.75, 3.05) is 12.4 Å². The van der Waals surface area contributed by atoms with E-state index in [-0.39, 0.29) is 23.4 Å². The first kappa shape index (κ1) is 19.7. The molecule has 28 heavy (non-hydrogen) atoms. The Balaban J connectivity index is 1.95. The Labute approximate surface area is 157 Å². The van der Waals surface area contributed by atoms with Gasteiger partial charge in [0.2, 0.25) is 5.60 Å². The molecule has 2 aromatic rings. The molecule has 0 radical (unpaired) electrons. The minimum atomic E-state index is -5.15. The summed E-state index contributed by atoms with van der Waals surface area (Å²) in [5.74, 6) is -1.31. The van der Waals surface area contributed by atoms with Gasteiger partial charge in [-0.1, -0.05) is 6.07 Å². The number of amides is 1. The molecule has 2 N–H and O–H groups in total. The molecule has 1 heterocycles. The molecule has 1 atom stereocenters. The standard InChI is InChI=1S/C19H16F3NO5/c1-18(26,19(20,21)22)17(25)23-11-4-3-10-9-28-15-6-5-12(27-2)8-14(15)16(24)13(10)7-11/h3-8,26H,9H2,1-2H3,(H,23,25). The molecule has 0 saturated heterocycles. The lowest BCUT2D eigenvalue weighted by atomic mass is 9.98. The topological polar surface area (TPSA) is 84.9 Å². The minimum absolute atomic E-state index is 0.0621. The second kappa shape index (κ2) is 6.83. The summed E-state index contributed by atoms with van der Waals surface area (Å²) in [5, 5.41) is 11.5. The van der Waals surface area contributed by atoms with Gasteiger partial charge in [-0.05, 0) is 37.3 Å². The van der Waals surface area contributed by atoms with Crippen molar-refractivity contribution in [3.05, 3.63) is 53.1 Å². The van der Waals surface area contributed by atoms with Gasteiger partial charge in [0.05, 0.1) is 12.7 Å². The molecule has 0 aliphatic carbocycles. The molecule has 0 bridgehead atoms. The van der Waals surface area contributed by atoms with E-state index >= 15 is 0 Å². The number of carbonyl (C=O) groups excluding carboxylic acids is 2. The smallest absolute Gasteiger partial charge is 0.426 e. The van der Waals surface area contributed by atoms with Crippen LogP contribution in [0.5, 0.6) is 11.5 Å². The quantitative estimate of drug-likeness (QED) is 0.835. The molecule has 3 rings (SSSR count). The molecule has 1 aliphatic heterocycles. The fourth-order valence-corrected chi connectivity index (χ4v) is 2.61. The van der Waals surface area contributed by atoms with Crippen LogP contribution in [0.15, 0.2) is 36.4 Å². The molecule has 0 fully saturated rings. The molecule has 2 aromatic carbocycles. The van der Waals surface area contributed by atoms with Crippen LogP contribution in [-0.2, 0) is 11.4 Å². The maximum atomic E-state index is 12.9. The van der Waals surface area contributed by atoms with Gasteiger partial charge in [0, 0.05) is 16.8 Å². The molecule has 0 spiro atoms. The van der Waals surface area contributed by atoms with Gasteiger partial charge in [-0.15, -0.1) is 0 Å². The van der Waals surface area contributed by atoms with E-state index in [2.05, 4.69) is 0 Å². The first-order valence-electron chi connectivity index (χ1n) is 8.13. The number of methoxy groups -OCH3 is 1. The molecule has 1 unspecified atom stereocenters. The third-order valence-electron chi connectivity index (χ3n) is 4.42. The fourth-order valence-electron chi connectivity index (χ4n) is 2.61. The first-order valence-corrected chi connectivity index (χ1v) is 8.13. The van der Waals surface area contributed by atoms with Crippen molar-refractivity contribution in [1.29, 1.82) is 0 Å². The van der Waals surface area contributed by atoms with Gasteiger partial charge < -0.3 is 19.9 Å². The lowest BCUT2D eigenvalue weighted by Gasteiger charge is -2.25. The fraction of sp³-hybridized carbons (Fsp3) is 0.263. The number of alkyl halides is 3. The van der Waals surface area contributed by atoms with E-state index in [0.717, 1.165) is 0 Å². The van der Waals surface area contributed by atoms with Crippen molar-refractivity contribution in [1.82, 2.24) is 0 Å². The summed E-state index contributed by atoms with van der Waals surface area (Å²) in [6.45, 7) is 0.419. The second-order valence-electron chi connectivity index (χ2n) is 6.38. The van der Waals surface area contributed by atoms with Gasteiger partial charge in [-0.25, -0.2) is 0 Å². The van der Waals surface area contributed by atoms with Gasteiger partial charge in [0.25, 0.3) is 5.91 Å². The molecule has 6 nitrogen and oxygen atoms in total. The third-order valence-corrected chi connectivity index (χ3v) is 4.42. The maximum absolute atomic E-state index is 12.9. The zero-order valence-electron chi connectivity index (χ0n) is 14.9. The first-order chi connectivity index (χ1) is 13.0. The van der Waals surface area contributed by atoms with Crippen molar-refractivity contribution in [3.63, 3.8) is 0 Å². The van der Waals surface area contributed by atoms with Gasteiger partial charge in [0.15, 0.2) is 5.78 Å². The number of nitrogens with one attached hydrogen (secondary N) is 1. The summed E-state index contributed by atoms with van der Waals surface area (Å²) in [7, 11) is 1.44. The lowest BCUT2D eigenvalue weighted by Crippen LogP contribution is -2.52. The van der Waals surface area contributed by atoms with E-state index in [9.17, 15) is 27.9 Å². The summed E-state index contributed by atoms with van der Waals surface area (Å²) >= 11 is 0. The van der Waals surface area contributed by atoms with Crippen molar-refractivity contribution >= 4 is 17.4 Å². The highest BCUT2D eigenvalue weighted by atomic mass is 19.4. The molecular formula is C19H16F3NO5. The van der Waals surface area contributed by atoms with Crippen LogP contribution < -0.4 is 14.8 Å². The highest BCUT2D eigenvalue weighted by Gasteiger charge is 2.55. The minimum Gasteiger partial charge on any atom is -0.497 e. The Kier molecular flexibility index (Phi) is 4.80. The van der Waals surface area contributed by atoms with E-state index in [1.54, 1.807) is 12.1 Å². The predicted octanol–water partition coefficient (Wildman–Crippen LogP) is 3.07. The highest BCUT2D eigenvalue weighted by molar-refractivity contribution is 6.13. The summed E-state index contributed by atoms with van der Waals surface area (Å²) in [5.41, 5.74) is -2.75. The van der Waals surface area contributed by atoms with E-state index in [1.807, 2.05) is 5.32 Å². The number of halogens is 3. The lowest BCUT2D eigenvalue weighted by molar-refractivity contribution is -0.242. The van der Waals surface area contributed by atoms with Gasteiger partial charge >= 0.3 is 6.18 Å². The predicted molar refractivity (Wildman–Crippen MR) is 92.5 cm³/mol. The van der Waals surface area contributed by atoms with Crippen molar-refractivity contribution < 1.29 is 37.3 Å². The van der Waals surface area contributed by atoms with Crippen LogP contribution in [-0.4, -0.2) is 35.7 Å². The average molecular weight is 395 g/mol. The monoisotopic (exact) mass is 395 g/mol. The summed E-state index contributed by atoms with van der Waals surface area (Å²) < 4.78 is 49.2. The SMILES string of the molecule is COc1ccc2c(c1)C(=O)c1cc(NC(=O)C(C)(O)C(F)(F)F)ccc1CO2. The number of ether oxygens (including phenoxy) is 2. The molecular weight excluding hydrogens is 379 g/mol. The van der Waals surface area contributed by atoms with Crippen molar-refractivity contribution in [2.45, 2.75) is 25.3 Å². The van der Waals surface area contributed by atoms with Crippen molar-refractivity contribution in [3.8, 4) is 11.5 Å². The largest absolute Gasteiger partial charge is 0.497 e. The summed E-state index contributed by atoms with van der Waals surface area (Å²) in [6.07, 6.45) is -5.15. The Morgan fingerprint density at radius 3 is 2.54 bits per heavy atom. The van der Waals surface area contributed by atoms with E-state index in [4.69, 9.17) is 9.47 Å². The summed E-state index contributed by atoms with van der Waals surface area (Å²) in [4.78, 5) is 24.8. The second-order valence-corrected chi connectivity index (χ2v) is 6.38. The molecule has 1 amide bonds. The number of hydrogen-bond donors (Lipinski definition) is 2. The number of benzene rings is 2. The number of ketones is 1. The number of fused-ring (bicyclic) bond motifs is 2. The molecule has 1 aliphatic rings. The number of hydrogen-bond acceptors (Lipinski definition) is 5. The van der Waals surface area contributed by atoms with Crippen LogP contribution in [0.4, 0.5) is 18.9 Å². The number of anilines is 1. The van der Waals surface area contributed by atoms with Crippen LogP contribution in [0.2, 0.25) is 0 Å². The third kappa shape index (κ3) is 3.40. The van der Waals surface area contributed by atoms with Crippen molar-refractivity contribution in [2.24, 2.45) is 0 Å². The molecule has 0 saturated carbocycles. The normalized spacial score (nSPS) is 15.4. The van der Waals surface area contributed by atoms with E-state index in [1.165, 1.54) is 31.4 Å². The van der Waals surface area contributed by atoms with Crippen LogP contribution in [0.25, 0.3) is 0 Å². The Morgan fingerprint density at radius 1 is 1.18 bits per heavy atom. The van der Waals surface area contributed by atoms with Crippen LogP contribution in [0, 0.1) is 0 Å². The maximum Gasteiger partial charge on any atom is 0.426 e. The van der Waals surface area contributed by atoms with Gasteiger partial charge in [-0.2, -0.15) is 13.2 Å². The van der Waals surface area contributed by atoms with Crippen LogP contribution in [0.1, 0.15) is 28.4 Å². The number of aliphatic hydroxyl groups is 1. The Hall–Kier alpha value is -3.07. The van der Waals surface area contributed by atoms with E-state index in [0.29, 0.717) is 24.0 Å². The Morgan fingerprint density at radius 2 is 1.89 bits per heavy atom. The average Bonchev–Trinajstić information content (AvgIpc) is 2.77.